The van der Waals surface area contributed by atoms with Crippen LogP contribution in [-0.4, -0.2) is 16.5 Å². The number of benzene rings is 1. The second-order valence-electron chi connectivity index (χ2n) is 5.87. The van der Waals surface area contributed by atoms with Gasteiger partial charge in [0, 0.05) is 18.0 Å². The van der Waals surface area contributed by atoms with Crippen molar-refractivity contribution in [2.45, 2.75) is 31.1 Å². The van der Waals surface area contributed by atoms with E-state index in [2.05, 4.69) is 34.6 Å². The van der Waals surface area contributed by atoms with Crippen molar-refractivity contribution in [2.24, 2.45) is 0 Å². The van der Waals surface area contributed by atoms with Gasteiger partial charge >= 0.3 is 0 Å². The molecule has 0 bridgehead atoms. The summed E-state index contributed by atoms with van der Waals surface area (Å²) in [5.74, 6) is 0.688. The summed E-state index contributed by atoms with van der Waals surface area (Å²) in [6.07, 6.45) is 6.11. The fraction of sp³-hybridized carbons (Fsp3) is 0.353. The number of pyridine rings is 1. The van der Waals surface area contributed by atoms with Crippen LogP contribution in [0.4, 0.5) is 11.5 Å². The molecule has 0 saturated heterocycles. The van der Waals surface area contributed by atoms with Crippen molar-refractivity contribution >= 4 is 11.5 Å². The van der Waals surface area contributed by atoms with Gasteiger partial charge in [-0.05, 0) is 24.5 Å². The van der Waals surface area contributed by atoms with Crippen LogP contribution in [0.1, 0.15) is 31.2 Å². The highest BCUT2D eigenvalue weighted by atomic mass is 16.6. The maximum Gasteiger partial charge on any atom is 0.287 e. The zero-order valence-corrected chi connectivity index (χ0v) is 12.4. The van der Waals surface area contributed by atoms with Crippen LogP contribution in [0.15, 0.2) is 48.7 Å². The Labute approximate surface area is 129 Å². The molecule has 114 valence electrons. The third-order valence-electron chi connectivity index (χ3n) is 4.51. The van der Waals surface area contributed by atoms with Crippen molar-refractivity contribution in [3.8, 4) is 0 Å². The molecule has 1 heterocycles. The molecule has 2 aromatic rings. The SMILES string of the molecule is O=[N+]([O-])c1ccc(NCC2(c3ccccc3)CCCC2)nc1. The summed E-state index contributed by atoms with van der Waals surface area (Å²) in [5.41, 5.74) is 1.52. The minimum Gasteiger partial charge on any atom is -0.369 e. The highest BCUT2D eigenvalue weighted by molar-refractivity contribution is 5.41. The summed E-state index contributed by atoms with van der Waals surface area (Å²) in [7, 11) is 0. The quantitative estimate of drug-likeness (QED) is 0.671. The molecule has 1 aromatic heterocycles. The molecule has 0 spiro atoms. The largest absolute Gasteiger partial charge is 0.369 e. The van der Waals surface area contributed by atoms with E-state index in [0.717, 1.165) is 19.4 Å². The van der Waals surface area contributed by atoms with E-state index in [0.29, 0.717) is 5.82 Å². The monoisotopic (exact) mass is 297 g/mol. The van der Waals surface area contributed by atoms with Gasteiger partial charge in [0.1, 0.15) is 12.0 Å². The van der Waals surface area contributed by atoms with Crippen LogP contribution in [0.2, 0.25) is 0 Å². The Bertz CT molecular complexity index is 635. The van der Waals surface area contributed by atoms with Gasteiger partial charge in [-0.2, -0.15) is 0 Å². The van der Waals surface area contributed by atoms with E-state index in [1.807, 2.05) is 6.07 Å². The van der Waals surface area contributed by atoms with E-state index < -0.39 is 4.92 Å². The van der Waals surface area contributed by atoms with Gasteiger partial charge in [0.05, 0.1) is 4.92 Å². The molecule has 1 fully saturated rings. The molecule has 0 aliphatic heterocycles. The van der Waals surface area contributed by atoms with Crippen LogP contribution in [0.25, 0.3) is 0 Å². The van der Waals surface area contributed by atoms with Crippen LogP contribution in [0, 0.1) is 10.1 Å². The van der Waals surface area contributed by atoms with Gasteiger partial charge < -0.3 is 5.32 Å². The van der Waals surface area contributed by atoms with Crippen molar-refractivity contribution in [1.82, 2.24) is 4.98 Å². The van der Waals surface area contributed by atoms with E-state index in [9.17, 15) is 10.1 Å². The first-order valence-corrected chi connectivity index (χ1v) is 7.59. The van der Waals surface area contributed by atoms with Gasteiger partial charge in [0.15, 0.2) is 0 Å². The molecule has 1 saturated carbocycles. The van der Waals surface area contributed by atoms with Crippen LogP contribution in [0.5, 0.6) is 0 Å². The van der Waals surface area contributed by atoms with Gasteiger partial charge in [-0.1, -0.05) is 43.2 Å². The summed E-state index contributed by atoms with van der Waals surface area (Å²) < 4.78 is 0. The number of hydrogen-bond acceptors (Lipinski definition) is 4. The van der Waals surface area contributed by atoms with E-state index in [-0.39, 0.29) is 11.1 Å². The van der Waals surface area contributed by atoms with E-state index >= 15 is 0 Å². The fourth-order valence-electron chi connectivity index (χ4n) is 3.27. The van der Waals surface area contributed by atoms with Crippen LogP contribution < -0.4 is 5.32 Å². The van der Waals surface area contributed by atoms with Crippen molar-refractivity contribution < 1.29 is 4.92 Å². The minimum absolute atomic E-state index is 0.0178. The number of nitrogens with zero attached hydrogens (tertiary/aromatic N) is 2. The summed E-state index contributed by atoms with van der Waals surface area (Å²) in [6, 6.07) is 13.7. The molecule has 1 aliphatic rings. The number of aromatic nitrogens is 1. The summed E-state index contributed by atoms with van der Waals surface area (Å²) in [5, 5.41) is 14.0. The van der Waals surface area contributed by atoms with Crippen molar-refractivity contribution in [3.05, 3.63) is 64.3 Å². The molecule has 1 aromatic carbocycles. The molecule has 0 atom stereocenters. The molecule has 0 amide bonds. The molecule has 5 heteroatoms. The molecule has 22 heavy (non-hydrogen) atoms. The molecule has 3 rings (SSSR count). The summed E-state index contributed by atoms with van der Waals surface area (Å²) >= 11 is 0. The lowest BCUT2D eigenvalue weighted by atomic mass is 9.79. The first-order chi connectivity index (χ1) is 10.7. The summed E-state index contributed by atoms with van der Waals surface area (Å²) in [4.78, 5) is 14.4. The normalized spacial score (nSPS) is 16.4. The minimum atomic E-state index is -0.431. The predicted molar refractivity (Wildman–Crippen MR) is 86.0 cm³/mol. The first-order valence-electron chi connectivity index (χ1n) is 7.59. The van der Waals surface area contributed by atoms with E-state index in [4.69, 9.17) is 0 Å². The molecular formula is C17H19N3O2. The number of rotatable bonds is 5. The Morgan fingerprint density at radius 1 is 1.14 bits per heavy atom. The Morgan fingerprint density at radius 3 is 2.45 bits per heavy atom. The Morgan fingerprint density at radius 2 is 1.86 bits per heavy atom. The van der Waals surface area contributed by atoms with Gasteiger partial charge in [0.2, 0.25) is 0 Å². The number of nitro groups is 1. The smallest absolute Gasteiger partial charge is 0.287 e. The highest BCUT2D eigenvalue weighted by Gasteiger charge is 2.35. The molecule has 0 radical (unpaired) electrons. The van der Waals surface area contributed by atoms with Crippen molar-refractivity contribution in [1.29, 1.82) is 0 Å². The lowest BCUT2D eigenvalue weighted by Crippen LogP contribution is -2.31. The van der Waals surface area contributed by atoms with Gasteiger partial charge in [-0.3, -0.25) is 10.1 Å². The maximum atomic E-state index is 10.7. The molecule has 1 N–H and O–H groups in total. The summed E-state index contributed by atoms with van der Waals surface area (Å²) in [6.45, 7) is 0.807. The lowest BCUT2D eigenvalue weighted by Gasteiger charge is -2.30. The molecule has 0 unspecified atom stereocenters. The Kier molecular flexibility index (Phi) is 4.04. The Balaban J connectivity index is 1.74. The van der Waals surface area contributed by atoms with E-state index in [1.54, 1.807) is 6.07 Å². The standard InChI is InChI=1S/C17H19N3O2/c21-20(22)15-8-9-16(18-12-15)19-13-17(10-4-5-11-17)14-6-2-1-3-7-14/h1-3,6-9,12H,4-5,10-11,13H2,(H,18,19). The molecule has 1 aliphatic carbocycles. The van der Waals surface area contributed by atoms with Gasteiger partial charge in [0.25, 0.3) is 5.69 Å². The number of hydrogen-bond donors (Lipinski definition) is 1. The number of anilines is 1. The average Bonchev–Trinajstić information content (AvgIpc) is 3.04. The zero-order valence-electron chi connectivity index (χ0n) is 12.4. The van der Waals surface area contributed by atoms with Gasteiger partial charge in [-0.15, -0.1) is 0 Å². The number of nitrogens with one attached hydrogen (secondary N) is 1. The molecule has 5 nitrogen and oxygen atoms in total. The fourth-order valence-corrected chi connectivity index (χ4v) is 3.27. The third kappa shape index (κ3) is 2.93. The van der Waals surface area contributed by atoms with E-state index in [1.165, 1.54) is 30.7 Å². The van der Waals surface area contributed by atoms with Crippen molar-refractivity contribution in [3.63, 3.8) is 0 Å². The van der Waals surface area contributed by atoms with Crippen LogP contribution >= 0.6 is 0 Å². The van der Waals surface area contributed by atoms with Gasteiger partial charge in [-0.25, -0.2) is 4.98 Å². The third-order valence-corrected chi connectivity index (χ3v) is 4.51. The Hall–Kier alpha value is -2.43. The maximum absolute atomic E-state index is 10.7. The zero-order chi connectivity index (χ0) is 15.4. The molecular weight excluding hydrogens is 278 g/mol. The van der Waals surface area contributed by atoms with Crippen LogP contribution in [0.3, 0.4) is 0 Å². The second kappa shape index (κ2) is 6.13. The first kappa shape index (κ1) is 14.5. The van der Waals surface area contributed by atoms with Crippen LogP contribution in [-0.2, 0) is 5.41 Å². The topological polar surface area (TPSA) is 68.1 Å². The lowest BCUT2D eigenvalue weighted by molar-refractivity contribution is -0.385. The highest BCUT2D eigenvalue weighted by Crippen LogP contribution is 2.41. The second-order valence-corrected chi connectivity index (χ2v) is 5.87. The van der Waals surface area contributed by atoms with Crippen molar-refractivity contribution in [2.75, 3.05) is 11.9 Å². The predicted octanol–water partition coefficient (Wildman–Crippen LogP) is 3.91. The average molecular weight is 297 g/mol.